The molecule has 1 atom stereocenters. The summed E-state index contributed by atoms with van der Waals surface area (Å²) in [6.07, 6.45) is 13.3. The first kappa shape index (κ1) is 21.3. The number of hydrogen-bond donors (Lipinski definition) is 3. The zero-order valence-corrected chi connectivity index (χ0v) is 20.2. The summed E-state index contributed by atoms with van der Waals surface area (Å²) < 4.78 is 0. The molecule has 36 heavy (non-hydrogen) atoms. The van der Waals surface area contributed by atoms with E-state index in [0.717, 1.165) is 75.8 Å². The van der Waals surface area contributed by atoms with Gasteiger partial charge < -0.3 is 10.3 Å². The number of carbonyl (C=O) groups excluding carboxylic acids is 1. The minimum atomic E-state index is 0.0696. The van der Waals surface area contributed by atoms with Crippen LogP contribution in [0.1, 0.15) is 36.6 Å². The van der Waals surface area contributed by atoms with Crippen molar-refractivity contribution in [2.75, 3.05) is 5.32 Å². The van der Waals surface area contributed by atoms with E-state index < -0.39 is 0 Å². The van der Waals surface area contributed by atoms with Crippen LogP contribution >= 0.6 is 11.8 Å². The van der Waals surface area contributed by atoms with Crippen LogP contribution in [0.15, 0.2) is 60.5 Å². The van der Waals surface area contributed by atoms with E-state index in [4.69, 9.17) is 4.98 Å². The number of carbonyl (C=O) groups is 1. The molecule has 7 rings (SSSR count). The summed E-state index contributed by atoms with van der Waals surface area (Å²) in [5.41, 5.74) is 7.05. The predicted octanol–water partition coefficient (Wildman–Crippen LogP) is 5.99. The molecule has 1 aliphatic carbocycles. The number of hydrogen-bond acceptors (Lipinski definition) is 6. The summed E-state index contributed by atoms with van der Waals surface area (Å²) in [5, 5.41) is 15.3. The normalized spacial score (nSPS) is 17.6. The fraction of sp³-hybridized carbons (Fsp3) is 0.222. The van der Waals surface area contributed by atoms with Crippen LogP contribution in [0, 0.1) is 5.92 Å². The van der Waals surface area contributed by atoms with Crippen LogP contribution in [0.2, 0.25) is 0 Å². The van der Waals surface area contributed by atoms with Crippen LogP contribution in [0.3, 0.4) is 0 Å². The van der Waals surface area contributed by atoms with E-state index in [1.54, 1.807) is 18.6 Å². The number of amides is 1. The van der Waals surface area contributed by atoms with Gasteiger partial charge in [-0.15, -0.1) is 11.8 Å². The van der Waals surface area contributed by atoms with E-state index in [1.165, 1.54) is 0 Å². The summed E-state index contributed by atoms with van der Waals surface area (Å²) in [7, 11) is 0. The van der Waals surface area contributed by atoms with Gasteiger partial charge in [-0.05, 0) is 48.9 Å². The van der Waals surface area contributed by atoms with Crippen LogP contribution < -0.4 is 5.32 Å². The van der Waals surface area contributed by atoms with E-state index in [2.05, 4.69) is 48.0 Å². The van der Waals surface area contributed by atoms with Gasteiger partial charge in [0.25, 0.3) is 0 Å². The Labute approximate surface area is 211 Å². The fourth-order valence-electron chi connectivity index (χ4n) is 4.86. The lowest BCUT2D eigenvalue weighted by atomic mass is 9.85. The largest absolute Gasteiger partial charge is 0.353 e. The SMILES string of the molecule is O=C(Nc1cncc(-c2cc3c(-c4cc5c(C6CC=CS6)nccc5[nH]4)n[nH]c3cn2)c1)C1CCC1. The zero-order chi connectivity index (χ0) is 24.1. The van der Waals surface area contributed by atoms with Gasteiger partial charge in [0, 0.05) is 40.2 Å². The lowest BCUT2D eigenvalue weighted by Crippen LogP contribution is -2.28. The maximum atomic E-state index is 12.4. The highest BCUT2D eigenvalue weighted by atomic mass is 32.2. The molecule has 1 fully saturated rings. The van der Waals surface area contributed by atoms with E-state index in [9.17, 15) is 4.79 Å². The molecule has 0 bridgehead atoms. The Hall–Kier alpha value is -3.98. The van der Waals surface area contributed by atoms with Crippen molar-refractivity contribution in [3.8, 4) is 22.6 Å². The molecule has 5 aromatic rings. The van der Waals surface area contributed by atoms with Gasteiger partial charge in [-0.2, -0.15) is 5.10 Å². The Morgan fingerprint density at radius 1 is 1.06 bits per heavy atom. The van der Waals surface area contributed by atoms with E-state index >= 15 is 0 Å². The molecule has 2 aliphatic rings. The average Bonchev–Trinajstić information content (AvgIpc) is 3.61. The number of anilines is 1. The molecule has 6 heterocycles. The molecule has 0 aromatic carbocycles. The van der Waals surface area contributed by atoms with Crippen molar-refractivity contribution in [1.29, 1.82) is 0 Å². The molecule has 9 heteroatoms. The van der Waals surface area contributed by atoms with Crippen molar-refractivity contribution >= 4 is 45.2 Å². The van der Waals surface area contributed by atoms with Crippen LogP contribution in [0.25, 0.3) is 44.5 Å². The quantitative estimate of drug-likeness (QED) is 0.277. The Kier molecular flexibility index (Phi) is 5.09. The van der Waals surface area contributed by atoms with Gasteiger partial charge in [0.1, 0.15) is 5.69 Å². The lowest BCUT2D eigenvalue weighted by molar-refractivity contribution is -0.122. The Morgan fingerprint density at radius 2 is 2.00 bits per heavy atom. The third-order valence-corrected chi connectivity index (χ3v) is 8.15. The zero-order valence-electron chi connectivity index (χ0n) is 19.4. The smallest absolute Gasteiger partial charge is 0.227 e. The number of thioether (sulfide) groups is 1. The summed E-state index contributed by atoms with van der Waals surface area (Å²) >= 11 is 1.81. The third-order valence-electron chi connectivity index (χ3n) is 7.05. The van der Waals surface area contributed by atoms with Crippen LogP contribution in [-0.2, 0) is 4.79 Å². The van der Waals surface area contributed by atoms with Gasteiger partial charge >= 0.3 is 0 Å². The molecule has 0 spiro atoms. The first-order chi connectivity index (χ1) is 17.7. The summed E-state index contributed by atoms with van der Waals surface area (Å²) in [4.78, 5) is 29.6. The molecular weight excluding hydrogens is 470 g/mol. The minimum absolute atomic E-state index is 0.0696. The highest BCUT2D eigenvalue weighted by Gasteiger charge is 2.25. The molecule has 1 saturated carbocycles. The molecule has 5 aromatic heterocycles. The molecule has 178 valence electrons. The number of H-pyrrole nitrogens is 2. The van der Waals surface area contributed by atoms with Crippen LogP contribution in [-0.4, -0.2) is 36.0 Å². The number of aromatic nitrogens is 6. The standard InChI is InChI=1S/C27H23N7OS/c35-27(15-3-1-4-15)31-17-9-16(12-28-13-17)21-10-19-23(14-30-21)33-34-25(19)22-11-18-20(32-22)6-7-29-26(18)24-5-2-8-36-24/h2,6-15,24,32H,1,3-5H2,(H,31,35)(H,33,34). The molecule has 1 aliphatic heterocycles. The molecule has 0 radical (unpaired) electrons. The van der Waals surface area contributed by atoms with Crippen molar-refractivity contribution in [2.45, 2.75) is 30.9 Å². The number of fused-ring (bicyclic) bond motifs is 2. The molecular formula is C27H23N7OS. The van der Waals surface area contributed by atoms with Crippen molar-refractivity contribution in [3.63, 3.8) is 0 Å². The minimum Gasteiger partial charge on any atom is -0.353 e. The molecule has 1 amide bonds. The van der Waals surface area contributed by atoms with Gasteiger partial charge in [-0.25, -0.2) is 0 Å². The second-order valence-electron chi connectivity index (χ2n) is 9.34. The first-order valence-electron chi connectivity index (χ1n) is 12.1. The average molecular weight is 494 g/mol. The second kappa shape index (κ2) is 8.60. The van der Waals surface area contributed by atoms with Crippen molar-refractivity contribution in [3.05, 3.63) is 66.2 Å². The van der Waals surface area contributed by atoms with Crippen LogP contribution in [0.5, 0.6) is 0 Å². The fourth-order valence-corrected chi connectivity index (χ4v) is 5.81. The van der Waals surface area contributed by atoms with Gasteiger partial charge in [-0.3, -0.25) is 24.8 Å². The van der Waals surface area contributed by atoms with Gasteiger partial charge in [0.15, 0.2) is 0 Å². The summed E-state index contributed by atoms with van der Waals surface area (Å²) in [6, 6.07) is 8.09. The number of allylic oxidation sites excluding steroid dienone is 1. The highest BCUT2D eigenvalue weighted by Crippen LogP contribution is 2.41. The maximum Gasteiger partial charge on any atom is 0.227 e. The maximum absolute atomic E-state index is 12.4. The molecule has 3 N–H and O–H groups in total. The van der Waals surface area contributed by atoms with Crippen molar-refractivity contribution < 1.29 is 4.79 Å². The topological polar surface area (TPSA) is 112 Å². The Balaban J connectivity index is 1.24. The number of nitrogens with one attached hydrogen (secondary N) is 3. The van der Waals surface area contributed by atoms with E-state index in [-0.39, 0.29) is 11.8 Å². The Morgan fingerprint density at radius 3 is 2.83 bits per heavy atom. The summed E-state index contributed by atoms with van der Waals surface area (Å²) in [6.45, 7) is 0. The highest BCUT2D eigenvalue weighted by molar-refractivity contribution is 8.02. The van der Waals surface area contributed by atoms with E-state index in [1.807, 2.05) is 36.2 Å². The van der Waals surface area contributed by atoms with Crippen molar-refractivity contribution in [2.24, 2.45) is 5.92 Å². The second-order valence-corrected chi connectivity index (χ2v) is 10.5. The monoisotopic (exact) mass is 493 g/mol. The number of aromatic amines is 2. The number of pyridine rings is 3. The van der Waals surface area contributed by atoms with Gasteiger partial charge in [0.05, 0.1) is 45.9 Å². The van der Waals surface area contributed by atoms with Crippen LogP contribution in [0.4, 0.5) is 5.69 Å². The van der Waals surface area contributed by atoms with Crippen molar-refractivity contribution in [1.82, 2.24) is 30.1 Å². The molecule has 0 saturated heterocycles. The molecule has 1 unspecified atom stereocenters. The first-order valence-corrected chi connectivity index (χ1v) is 13.1. The number of rotatable bonds is 5. The third kappa shape index (κ3) is 3.67. The summed E-state index contributed by atoms with van der Waals surface area (Å²) in [5.74, 6) is 0.187. The molecule has 8 nitrogen and oxygen atoms in total. The van der Waals surface area contributed by atoms with E-state index in [0.29, 0.717) is 10.9 Å². The Bertz CT molecular complexity index is 1640. The van der Waals surface area contributed by atoms with Gasteiger partial charge in [-0.1, -0.05) is 12.5 Å². The lowest BCUT2D eigenvalue weighted by Gasteiger charge is -2.24. The van der Waals surface area contributed by atoms with Gasteiger partial charge in [0.2, 0.25) is 5.91 Å². The number of nitrogens with zero attached hydrogens (tertiary/aromatic N) is 4. The predicted molar refractivity (Wildman–Crippen MR) is 142 cm³/mol.